The number of anilines is 1. The fourth-order valence-corrected chi connectivity index (χ4v) is 4.41. The maximum atomic E-state index is 12.3. The van der Waals surface area contributed by atoms with Crippen molar-refractivity contribution in [2.75, 3.05) is 5.32 Å². The zero-order valence-corrected chi connectivity index (χ0v) is 15.3. The van der Waals surface area contributed by atoms with Crippen molar-refractivity contribution in [3.63, 3.8) is 0 Å². The summed E-state index contributed by atoms with van der Waals surface area (Å²) in [6.45, 7) is 1.78. The lowest BCUT2D eigenvalue weighted by atomic mass is 10.3. The minimum absolute atomic E-state index is 0.0289. The molecule has 0 aliphatic carbocycles. The molecule has 2 aromatic carbocycles. The van der Waals surface area contributed by atoms with Crippen LogP contribution in [-0.4, -0.2) is 21.1 Å². The third-order valence-corrected chi connectivity index (χ3v) is 5.79. The molecule has 0 saturated carbocycles. The van der Waals surface area contributed by atoms with Crippen LogP contribution in [0.5, 0.6) is 0 Å². The maximum Gasteiger partial charge on any atom is 0.270 e. The number of rotatable bonds is 5. The van der Waals surface area contributed by atoms with Crippen LogP contribution in [-0.2, 0) is 4.79 Å². The van der Waals surface area contributed by atoms with Gasteiger partial charge in [-0.05, 0) is 37.3 Å². The number of carbonyl (C=O) groups is 1. The molecule has 3 rings (SSSR count). The monoisotopic (exact) mass is 393 g/mol. The van der Waals surface area contributed by atoms with E-state index in [0.717, 1.165) is 4.70 Å². The SMILES string of the molecule is C[C@@H](Sc1nc2ccc([N+](=O)[O-])cc2s1)C(=O)Nc1ccc(Cl)cc1. The Labute approximate surface area is 156 Å². The van der Waals surface area contributed by atoms with Gasteiger partial charge in [0.1, 0.15) is 0 Å². The third-order valence-electron chi connectivity index (χ3n) is 3.32. The molecule has 1 heterocycles. The van der Waals surface area contributed by atoms with Gasteiger partial charge in [-0.15, -0.1) is 11.3 Å². The van der Waals surface area contributed by atoms with Gasteiger partial charge in [0.25, 0.3) is 5.69 Å². The number of nitrogens with one attached hydrogen (secondary N) is 1. The number of hydrogen-bond acceptors (Lipinski definition) is 6. The minimum atomic E-state index is -0.436. The highest BCUT2D eigenvalue weighted by atomic mass is 35.5. The second-order valence-corrected chi connectivity index (χ2v) is 8.20. The average molecular weight is 394 g/mol. The number of amides is 1. The van der Waals surface area contributed by atoms with Crippen LogP contribution in [0, 0.1) is 10.1 Å². The molecule has 9 heteroatoms. The van der Waals surface area contributed by atoms with Crippen LogP contribution in [0.3, 0.4) is 0 Å². The van der Waals surface area contributed by atoms with Crippen LogP contribution in [0.1, 0.15) is 6.92 Å². The van der Waals surface area contributed by atoms with Gasteiger partial charge in [-0.3, -0.25) is 14.9 Å². The largest absolute Gasteiger partial charge is 0.325 e. The number of aromatic nitrogens is 1. The summed E-state index contributed by atoms with van der Waals surface area (Å²) in [6.07, 6.45) is 0. The lowest BCUT2D eigenvalue weighted by Crippen LogP contribution is -2.22. The fraction of sp³-hybridized carbons (Fsp3) is 0.125. The highest BCUT2D eigenvalue weighted by Gasteiger charge is 2.18. The van der Waals surface area contributed by atoms with E-state index in [1.807, 2.05) is 0 Å². The summed E-state index contributed by atoms with van der Waals surface area (Å²) in [6, 6.07) is 11.4. The number of nitro benzene ring substituents is 1. The second kappa shape index (κ2) is 7.38. The van der Waals surface area contributed by atoms with Gasteiger partial charge in [0.2, 0.25) is 5.91 Å². The molecule has 0 unspecified atom stereocenters. The summed E-state index contributed by atoms with van der Waals surface area (Å²) >= 11 is 8.47. The quantitative estimate of drug-likeness (QED) is 0.375. The Morgan fingerprint density at radius 3 is 2.72 bits per heavy atom. The number of nitro groups is 1. The van der Waals surface area contributed by atoms with E-state index in [1.165, 1.54) is 35.2 Å². The van der Waals surface area contributed by atoms with Crippen LogP contribution in [0.15, 0.2) is 46.8 Å². The zero-order chi connectivity index (χ0) is 18.0. The molecule has 3 aromatic rings. The summed E-state index contributed by atoms with van der Waals surface area (Å²) < 4.78 is 1.41. The molecule has 0 saturated heterocycles. The number of thioether (sulfide) groups is 1. The number of fused-ring (bicyclic) bond motifs is 1. The van der Waals surface area contributed by atoms with Crippen molar-refractivity contribution in [2.24, 2.45) is 0 Å². The van der Waals surface area contributed by atoms with E-state index < -0.39 is 4.92 Å². The molecule has 0 radical (unpaired) electrons. The van der Waals surface area contributed by atoms with E-state index in [4.69, 9.17) is 11.6 Å². The Bertz CT molecular complexity index is 943. The number of thiazole rings is 1. The molecule has 1 aromatic heterocycles. The van der Waals surface area contributed by atoms with Crippen LogP contribution in [0.4, 0.5) is 11.4 Å². The highest BCUT2D eigenvalue weighted by molar-refractivity contribution is 8.02. The number of non-ortho nitro benzene ring substituents is 1. The minimum Gasteiger partial charge on any atom is -0.325 e. The average Bonchev–Trinajstić information content (AvgIpc) is 2.98. The third kappa shape index (κ3) is 4.28. The number of nitrogens with zero attached hydrogens (tertiary/aromatic N) is 2. The summed E-state index contributed by atoms with van der Waals surface area (Å²) in [5.41, 5.74) is 1.38. The smallest absolute Gasteiger partial charge is 0.270 e. The first-order valence-corrected chi connectivity index (χ1v) is 9.28. The first-order valence-electron chi connectivity index (χ1n) is 7.20. The van der Waals surface area contributed by atoms with E-state index in [1.54, 1.807) is 37.3 Å². The lowest BCUT2D eigenvalue weighted by molar-refractivity contribution is -0.384. The van der Waals surface area contributed by atoms with Crippen LogP contribution >= 0.6 is 34.7 Å². The van der Waals surface area contributed by atoms with Gasteiger partial charge in [-0.25, -0.2) is 4.98 Å². The number of hydrogen-bond donors (Lipinski definition) is 1. The van der Waals surface area contributed by atoms with E-state index >= 15 is 0 Å². The Morgan fingerprint density at radius 2 is 2.04 bits per heavy atom. The Kier molecular flexibility index (Phi) is 5.22. The van der Waals surface area contributed by atoms with E-state index in [-0.39, 0.29) is 16.8 Å². The van der Waals surface area contributed by atoms with Crippen LogP contribution in [0.25, 0.3) is 10.2 Å². The Morgan fingerprint density at radius 1 is 1.32 bits per heavy atom. The van der Waals surface area contributed by atoms with Crippen molar-refractivity contribution in [1.29, 1.82) is 0 Å². The van der Waals surface area contributed by atoms with E-state index in [2.05, 4.69) is 10.3 Å². The summed E-state index contributed by atoms with van der Waals surface area (Å²) in [7, 11) is 0. The van der Waals surface area contributed by atoms with Crippen LogP contribution < -0.4 is 5.32 Å². The lowest BCUT2D eigenvalue weighted by Gasteiger charge is -2.10. The standard InChI is InChI=1S/C16H12ClN3O3S2/c1-9(15(21)18-11-4-2-10(17)3-5-11)24-16-19-13-7-6-12(20(22)23)8-14(13)25-16/h2-9H,1H3,(H,18,21)/t9-/m1/s1. The van der Waals surface area contributed by atoms with Gasteiger partial charge in [-0.1, -0.05) is 23.4 Å². The number of carbonyl (C=O) groups excluding carboxylic acids is 1. The van der Waals surface area contributed by atoms with E-state index in [0.29, 0.717) is 20.6 Å². The molecule has 1 N–H and O–H groups in total. The predicted octanol–water partition coefficient (Wildman–Crippen LogP) is 4.98. The molecule has 1 atom stereocenters. The molecular formula is C16H12ClN3O3S2. The maximum absolute atomic E-state index is 12.3. The normalized spacial score (nSPS) is 12.1. The molecule has 128 valence electrons. The first-order chi connectivity index (χ1) is 11.9. The first kappa shape index (κ1) is 17.7. The Balaban J connectivity index is 1.70. The molecule has 1 amide bonds. The topological polar surface area (TPSA) is 85.1 Å². The van der Waals surface area contributed by atoms with Crippen molar-refractivity contribution in [2.45, 2.75) is 16.5 Å². The molecule has 0 aliphatic heterocycles. The van der Waals surface area contributed by atoms with Gasteiger partial charge in [0.05, 0.1) is 20.4 Å². The van der Waals surface area contributed by atoms with Crippen molar-refractivity contribution in [1.82, 2.24) is 4.98 Å². The molecule has 6 nitrogen and oxygen atoms in total. The van der Waals surface area contributed by atoms with Crippen LogP contribution in [0.2, 0.25) is 5.02 Å². The van der Waals surface area contributed by atoms with Gasteiger partial charge in [0.15, 0.2) is 4.34 Å². The Hall–Kier alpha value is -2.16. The molecule has 0 bridgehead atoms. The molecule has 25 heavy (non-hydrogen) atoms. The molecular weight excluding hydrogens is 382 g/mol. The summed E-state index contributed by atoms with van der Waals surface area (Å²) in [5.74, 6) is -0.155. The van der Waals surface area contributed by atoms with Crippen molar-refractivity contribution in [3.05, 3.63) is 57.6 Å². The van der Waals surface area contributed by atoms with Gasteiger partial charge in [-0.2, -0.15) is 0 Å². The predicted molar refractivity (Wildman–Crippen MR) is 102 cm³/mol. The van der Waals surface area contributed by atoms with Gasteiger partial charge >= 0.3 is 0 Å². The summed E-state index contributed by atoms with van der Waals surface area (Å²) in [4.78, 5) is 27.1. The van der Waals surface area contributed by atoms with Crippen molar-refractivity contribution < 1.29 is 9.72 Å². The molecule has 0 aliphatic rings. The highest BCUT2D eigenvalue weighted by Crippen LogP contribution is 2.34. The van der Waals surface area contributed by atoms with Gasteiger partial charge < -0.3 is 5.32 Å². The van der Waals surface area contributed by atoms with Crippen molar-refractivity contribution >= 4 is 62.2 Å². The number of benzene rings is 2. The van der Waals surface area contributed by atoms with Gasteiger partial charge in [0, 0.05) is 22.8 Å². The molecule has 0 fully saturated rings. The zero-order valence-electron chi connectivity index (χ0n) is 12.9. The fourth-order valence-electron chi connectivity index (χ4n) is 2.04. The number of halogens is 1. The second-order valence-electron chi connectivity index (χ2n) is 5.15. The van der Waals surface area contributed by atoms with Crippen molar-refractivity contribution in [3.8, 4) is 0 Å². The summed E-state index contributed by atoms with van der Waals surface area (Å²) in [5, 5.41) is 13.9. The van der Waals surface area contributed by atoms with E-state index in [9.17, 15) is 14.9 Å². The molecule has 0 spiro atoms.